The van der Waals surface area contributed by atoms with Crippen molar-refractivity contribution in [2.75, 3.05) is 6.54 Å². The summed E-state index contributed by atoms with van der Waals surface area (Å²) in [5.74, 6) is -1.23. The summed E-state index contributed by atoms with van der Waals surface area (Å²) in [7, 11) is 0. The third-order valence-electron chi connectivity index (χ3n) is 4.00. The Labute approximate surface area is 123 Å². The van der Waals surface area contributed by atoms with E-state index in [4.69, 9.17) is 0 Å². The lowest BCUT2D eigenvalue weighted by Gasteiger charge is -2.33. The van der Waals surface area contributed by atoms with E-state index in [9.17, 15) is 14.7 Å². The Morgan fingerprint density at radius 1 is 1.50 bits per heavy atom. The molecule has 4 nitrogen and oxygen atoms in total. The van der Waals surface area contributed by atoms with Crippen LogP contribution < -0.4 is 0 Å². The minimum atomic E-state index is -0.800. The number of amides is 1. The highest BCUT2D eigenvalue weighted by atomic mass is 32.1. The van der Waals surface area contributed by atoms with Crippen LogP contribution in [0, 0.1) is 19.8 Å². The zero-order chi connectivity index (χ0) is 14.9. The Morgan fingerprint density at radius 3 is 2.70 bits per heavy atom. The van der Waals surface area contributed by atoms with E-state index in [-0.39, 0.29) is 11.9 Å². The summed E-state index contributed by atoms with van der Waals surface area (Å²) in [6.07, 6.45) is 1.68. The third-order valence-corrected chi connectivity index (χ3v) is 4.98. The number of hydrogen-bond acceptors (Lipinski definition) is 3. The van der Waals surface area contributed by atoms with Crippen LogP contribution in [0.1, 0.15) is 47.5 Å². The van der Waals surface area contributed by atoms with Gasteiger partial charge in [0.05, 0.1) is 12.0 Å². The second-order valence-electron chi connectivity index (χ2n) is 5.33. The molecule has 1 aliphatic heterocycles. The molecule has 1 aromatic rings. The molecule has 1 aromatic heterocycles. The van der Waals surface area contributed by atoms with Gasteiger partial charge >= 0.3 is 5.97 Å². The van der Waals surface area contributed by atoms with Gasteiger partial charge in [0.25, 0.3) is 0 Å². The minimum Gasteiger partial charge on any atom is -0.481 e. The summed E-state index contributed by atoms with van der Waals surface area (Å²) < 4.78 is 0. The molecule has 2 heterocycles. The van der Waals surface area contributed by atoms with Crippen LogP contribution in [0.4, 0.5) is 0 Å². The molecule has 0 aromatic carbocycles. The van der Waals surface area contributed by atoms with Gasteiger partial charge in [-0.3, -0.25) is 9.59 Å². The Hall–Kier alpha value is -1.36. The molecular weight excluding hydrogens is 274 g/mol. The number of carboxylic acid groups (broad SMARTS) is 1. The van der Waals surface area contributed by atoms with Crippen LogP contribution >= 0.6 is 11.3 Å². The zero-order valence-corrected chi connectivity index (χ0v) is 13.0. The third kappa shape index (κ3) is 2.73. The lowest BCUT2D eigenvalue weighted by molar-refractivity contribution is -0.146. The van der Waals surface area contributed by atoms with Crippen molar-refractivity contribution in [3.05, 3.63) is 21.4 Å². The van der Waals surface area contributed by atoms with Gasteiger partial charge in [0, 0.05) is 22.7 Å². The van der Waals surface area contributed by atoms with E-state index in [0.29, 0.717) is 25.8 Å². The molecule has 2 atom stereocenters. The molecule has 0 bridgehead atoms. The van der Waals surface area contributed by atoms with Gasteiger partial charge in [0.2, 0.25) is 5.91 Å². The average molecular weight is 295 g/mol. The second kappa shape index (κ2) is 5.95. The number of aryl methyl sites for hydroxylation is 2. The number of rotatable bonds is 3. The average Bonchev–Trinajstić information content (AvgIpc) is 2.61. The van der Waals surface area contributed by atoms with Gasteiger partial charge in [0.15, 0.2) is 0 Å². The van der Waals surface area contributed by atoms with Gasteiger partial charge < -0.3 is 10.0 Å². The summed E-state index contributed by atoms with van der Waals surface area (Å²) in [6.45, 7) is 6.51. The number of nitrogens with zero attached hydrogens (tertiary/aromatic N) is 1. The maximum Gasteiger partial charge on any atom is 0.308 e. The fraction of sp³-hybridized carbons (Fsp3) is 0.600. The molecule has 1 fully saturated rings. The molecule has 2 rings (SSSR count). The first-order valence-electron chi connectivity index (χ1n) is 7.05. The summed E-state index contributed by atoms with van der Waals surface area (Å²) in [5.41, 5.74) is 1.01. The van der Waals surface area contributed by atoms with Gasteiger partial charge in [-0.05, 0) is 45.2 Å². The van der Waals surface area contributed by atoms with E-state index in [0.717, 1.165) is 15.3 Å². The molecule has 1 N–H and O–H groups in total. The highest BCUT2D eigenvalue weighted by molar-refractivity contribution is 7.12. The maximum absolute atomic E-state index is 12.3. The Morgan fingerprint density at radius 2 is 2.20 bits per heavy atom. The van der Waals surface area contributed by atoms with E-state index in [1.54, 1.807) is 16.2 Å². The topological polar surface area (TPSA) is 57.6 Å². The molecule has 0 spiro atoms. The molecule has 20 heavy (non-hydrogen) atoms. The Kier molecular flexibility index (Phi) is 4.48. The lowest BCUT2D eigenvalue weighted by atomic mass is 9.89. The van der Waals surface area contributed by atoms with Crippen molar-refractivity contribution in [1.29, 1.82) is 0 Å². The molecule has 1 aliphatic rings. The van der Waals surface area contributed by atoms with Crippen molar-refractivity contribution >= 4 is 23.2 Å². The number of hydrogen-bond donors (Lipinski definition) is 1. The van der Waals surface area contributed by atoms with E-state index in [1.165, 1.54) is 0 Å². The van der Waals surface area contributed by atoms with Crippen molar-refractivity contribution in [3.63, 3.8) is 0 Å². The van der Waals surface area contributed by atoms with E-state index in [2.05, 4.69) is 0 Å². The Bertz CT molecular complexity index is 521. The second-order valence-corrected chi connectivity index (χ2v) is 6.79. The van der Waals surface area contributed by atoms with Crippen LogP contribution in [0.15, 0.2) is 6.07 Å². The quantitative estimate of drug-likeness (QED) is 0.932. The largest absolute Gasteiger partial charge is 0.481 e. The van der Waals surface area contributed by atoms with Crippen LogP contribution in [0.5, 0.6) is 0 Å². The molecule has 0 radical (unpaired) electrons. The lowest BCUT2D eigenvalue weighted by Crippen LogP contribution is -2.38. The van der Waals surface area contributed by atoms with Crippen LogP contribution in [0.2, 0.25) is 0 Å². The monoisotopic (exact) mass is 295 g/mol. The summed E-state index contributed by atoms with van der Waals surface area (Å²) in [6, 6.07) is 1.72. The predicted molar refractivity (Wildman–Crippen MR) is 78.9 cm³/mol. The van der Waals surface area contributed by atoms with Crippen LogP contribution in [0.3, 0.4) is 0 Å². The molecule has 1 amide bonds. The van der Waals surface area contributed by atoms with Crippen LogP contribution in [-0.2, 0) is 9.59 Å². The van der Waals surface area contributed by atoms with Crippen molar-refractivity contribution in [1.82, 2.24) is 4.90 Å². The summed E-state index contributed by atoms with van der Waals surface area (Å²) in [4.78, 5) is 27.9. The van der Waals surface area contributed by atoms with Gasteiger partial charge in [-0.25, -0.2) is 0 Å². The van der Waals surface area contributed by atoms with Crippen LogP contribution in [-0.4, -0.2) is 28.4 Å². The predicted octanol–water partition coefficient (Wildman–Crippen LogP) is 3.14. The molecule has 1 saturated heterocycles. The first-order valence-corrected chi connectivity index (χ1v) is 7.86. The van der Waals surface area contributed by atoms with Crippen molar-refractivity contribution in [2.24, 2.45) is 5.92 Å². The van der Waals surface area contributed by atoms with Gasteiger partial charge in [-0.2, -0.15) is 0 Å². The number of carbonyl (C=O) groups is 2. The fourth-order valence-electron chi connectivity index (χ4n) is 3.11. The van der Waals surface area contributed by atoms with E-state index in [1.807, 2.05) is 26.8 Å². The highest BCUT2D eigenvalue weighted by Gasteiger charge is 2.39. The molecular formula is C15H21NO3S. The van der Waals surface area contributed by atoms with E-state index < -0.39 is 11.9 Å². The van der Waals surface area contributed by atoms with Crippen LogP contribution in [0.25, 0.3) is 0 Å². The maximum atomic E-state index is 12.3. The van der Waals surface area contributed by atoms with Gasteiger partial charge in [0.1, 0.15) is 0 Å². The number of carboxylic acids is 1. The van der Waals surface area contributed by atoms with Crippen molar-refractivity contribution < 1.29 is 14.7 Å². The highest BCUT2D eigenvalue weighted by Crippen LogP contribution is 2.39. The number of likely N-dealkylation sites (tertiary alicyclic amines) is 1. The van der Waals surface area contributed by atoms with Gasteiger partial charge in [-0.15, -0.1) is 11.3 Å². The number of thiophene rings is 1. The number of aliphatic carboxylic acids is 1. The standard InChI is InChI=1S/C15H21NO3S/c1-4-16-13(17)7-5-6-11(15(18)19)14(16)12-8-9(2)20-10(12)3/h8,11,14H,4-7H2,1-3H3,(H,18,19). The minimum absolute atomic E-state index is 0.0736. The molecule has 0 saturated carbocycles. The molecule has 0 aliphatic carbocycles. The van der Waals surface area contributed by atoms with Crippen molar-refractivity contribution in [3.8, 4) is 0 Å². The SMILES string of the molecule is CCN1C(=O)CCCC(C(=O)O)C1c1cc(C)sc1C. The first kappa shape index (κ1) is 15.0. The summed E-state index contributed by atoms with van der Waals surface area (Å²) >= 11 is 1.67. The molecule has 5 heteroatoms. The normalized spacial score (nSPS) is 23.8. The molecule has 110 valence electrons. The smallest absolute Gasteiger partial charge is 0.308 e. The first-order chi connectivity index (χ1) is 9.45. The van der Waals surface area contributed by atoms with Gasteiger partial charge in [-0.1, -0.05) is 0 Å². The molecule has 2 unspecified atom stereocenters. The number of carbonyl (C=O) groups excluding carboxylic acids is 1. The fourth-order valence-corrected chi connectivity index (χ4v) is 4.07. The van der Waals surface area contributed by atoms with E-state index >= 15 is 0 Å². The summed E-state index contributed by atoms with van der Waals surface area (Å²) in [5, 5.41) is 9.56. The zero-order valence-electron chi connectivity index (χ0n) is 12.2. The van der Waals surface area contributed by atoms with Crippen molar-refractivity contribution in [2.45, 2.75) is 46.1 Å². The Balaban J connectivity index is 2.51.